The van der Waals surface area contributed by atoms with Gasteiger partial charge >= 0.3 is 6.03 Å². The Balaban J connectivity index is 1.27. The maximum atomic E-state index is 14.4. The lowest BCUT2D eigenvalue weighted by molar-refractivity contribution is -0.145. The van der Waals surface area contributed by atoms with Gasteiger partial charge in [0, 0.05) is 12.1 Å². The average molecular weight is 716 g/mol. The number of hydrogen-bond acceptors (Lipinski definition) is 7. The lowest BCUT2D eigenvalue weighted by atomic mass is 9.85. The molecule has 2 aliphatic carbocycles. The van der Waals surface area contributed by atoms with Crippen LogP contribution in [0.1, 0.15) is 83.7 Å². The molecule has 6 atom stereocenters. The first-order valence-corrected chi connectivity index (χ1v) is 18.2. The summed E-state index contributed by atoms with van der Waals surface area (Å²) in [6.45, 7) is 13.9. The minimum Gasteiger partial charge on any atom is -0.489 e. The number of nitrogens with zero attached hydrogens (tertiary/aromatic N) is 1. The number of rotatable bonds is 15. The van der Waals surface area contributed by atoms with Gasteiger partial charge in [0.2, 0.25) is 17.6 Å². The first kappa shape index (κ1) is 38.5. The highest BCUT2D eigenvalue weighted by atomic mass is 16.5. The second kappa shape index (κ2) is 15.1. The van der Waals surface area contributed by atoms with E-state index in [0.717, 1.165) is 18.4 Å². The molecule has 0 spiro atoms. The summed E-state index contributed by atoms with van der Waals surface area (Å²) in [6.07, 6.45) is 2.13. The summed E-state index contributed by atoms with van der Waals surface area (Å²) < 4.78 is 5.85. The summed E-state index contributed by atoms with van der Waals surface area (Å²) in [5.74, 6) is -2.75. The Labute approximate surface area is 306 Å². The lowest BCUT2D eigenvalue weighted by Crippen LogP contribution is -2.62. The number of ketones is 2. The third kappa shape index (κ3) is 8.65. The molecule has 2 saturated carbocycles. The number of ether oxygens (including phenoxy) is 1. The molecule has 12 heteroatoms. The zero-order chi connectivity index (χ0) is 38.1. The van der Waals surface area contributed by atoms with E-state index in [1.54, 1.807) is 24.3 Å². The van der Waals surface area contributed by atoms with Gasteiger partial charge < -0.3 is 31.3 Å². The summed E-state index contributed by atoms with van der Waals surface area (Å²) in [5.41, 5.74) is 5.74. The van der Waals surface area contributed by atoms with E-state index in [0.29, 0.717) is 30.9 Å². The molecular weight excluding hydrogens is 662 g/mol. The molecule has 5 rings (SSSR count). The summed E-state index contributed by atoms with van der Waals surface area (Å²) in [5, 5.41) is 8.39. The molecule has 52 heavy (non-hydrogen) atoms. The van der Waals surface area contributed by atoms with Crippen molar-refractivity contribution >= 4 is 35.3 Å². The first-order valence-electron chi connectivity index (χ1n) is 18.2. The zero-order valence-electron chi connectivity index (χ0n) is 31.2. The smallest absolute Gasteiger partial charge is 0.316 e. The number of nitrogens with two attached hydrogens (primary N) is 1. The predicted octanol–water partition coefficient (Wildman–Crippen LogP) is 4.01. The van der Waals surface area contributed by atoms with Gasteiger partial charge in [-0.05, 0) is 70.8 Å². The van der Waals surface area contributed by atoms with Crippen molar-refractivity contribution in [2.75, 3.05) is 6.54 Å². The molecule has 1 heterocycles. The fraction of sp³-hybridized carbons (Fsp3) is 0.550. The Hall–Kier alpha value is -4.74. The van der Waals surface area contributed by atoms with Crippen molar-refractivity contribution in [3.63, 3.8) is 0 Å². The highest BCUT2D eigenvalue weighted by Gasteiger charge is 2.70. The van der Waals surface area contributed by atoms with E-state index < -0.39 is 59.1 Å². The lowest BCUT2D eigenvalue weighted by Gasteiger charge is -2.38. The van der Waals surface area contributed by atoms with E-state index in [4.69, 9.17) is 10.5 Å². The quantitative estimate of drug-likeness (QED) is 0.159. The first-order chi connectivity index (χ1) is 24.4. The molecule has 5 amide bonds. The third-order valence-electron chi connectivity index (χ3n) is 10.9. The van der Waals surface area contributed by atoms with Crippen molar-refractivity contribution in [3.8, 4) is 5.75 Å². The summed E-state index contributed by atoms with van der Waals surface area (Å²) in [4.78, 5) is 81.5. The molecular formula is C40H53N5O7. The van der Waals surface area contributed by atoms with Crippen molar-refractivity contribution in [3.05, 3.63) is 65.7 Å². The molecule has 2 aromatic carbocycles. The van der Waals surface area contributed by atoms with E-state index in [1.807, 2.05) is 78.8 Å². The minimum atomic E-state index is -1.11. The molecule has 0 bridgehead atoms. The number of piperidine rings is 1. The Morgan fingerprint density at radius 2 is 1.56 bits per heavy atom. The zero-order valence-corrected chi connectivity index (χ0v) is 31.2. The van der Waals surface area contributed by atoms with Gasteiger partial charge in [0.25, 0.3) is 5.91 Å². The van der Waals surface area contributed by atoms with Crippen molar-refractivity contribution in [1.29, 1.82) is 0 Å². The minimum absolute atomic E-state index is 0.0495. The fourth-order valence-corrected chi connectivity index (χ4v) is 7.46. The number of Topliss-reactive ketones (excluding diaryl/α,β-unsaturated/α-hetero) is 2. The van der Waals surface area contributed by atoms with E-state index in [1.165, 1.54) is 4.90 Å². The second-order valence-corrected chi connectivity index (χ2v) is 16.7. The second-order valence-electron chi connectivity index (χ2n) is 16.7. The van der Waals surface area contributed by atoms with Gasteiger partial charge in [0.1, 0.15) is 24.4 Å². The number of likely N-dealkylation sites (tertiary alicyclic amines) is 1. The molecule has 12 nitrogen and oxygen atoms in total. The molecule has 3 aliphatic rings. The van der Waals surface area contributed by atoms with E-state index in [-0.39, 0.29) is 34.9 Å². The topological polar surface area (TPSA) is 177 Å². The Kier molecular flexibility index (Phi) is 11.2. The number of hydrogen-bond donors (Lipinski definition) is 4. The standard InChI is InChI=1S/C40H53N5O7/c1-22(2)30(32(46)25-15-17-26(18-16-25)52-21-24-11-9-8-10-12-24)43-38(51)44-34(39(3,4)5)37(50)45-20-27-29(40(27,6)7)31(45)36(49)42-28(19-23-13-14-23)33(47)35(41)48/h8-12,15-18,22-23,27-31,34H,13-14,19-21H2,1-7H3,(H2,41,48)(H,42,49)(H2,43,44,51)/t27-,28?,29-,30-,31-,34+/m0/s1. The number of amides is 5. The molecule has 0 aromatic heterocycles. The monoisotopic (exact) mass is 715 g/mol. The summed E-state index contributed by atoms with van der Waals surface area (Å²) >= 11 is 0. The number of primary amides is 1. The maximum absolute atomic E-state index is 14.4. The predicted molar refractivity (Wildman–Crippen MR) is 195 cm³/mol. The van der Waals surface area contributed by atoms with Crippen LogP contribution in [0, 0.1) is 34.5 Å². The number of nitrogens with one attached hydrogen (secondary N) is 3. The fourth-order valence-electron chi connectivity index (χ4n) is 7.46. The number of benzene rings is 2. The van der Waals surface area contributed by atoms with Crippen LogP contribution >= 0.6 is 0 Å². The van der Waals surface area contributed by atoms with Crippen molar-refractivity contribution in [2.24, 2.45) is 40.2 Å². The van der Waals surface area contributed by atoms with E-state index in [2.05, 4.69) is 16.0 Å². The summed E-state index contributed by atoms with van der Waals surface area (Å²) in [7, 11) is 0. The van der Waals surface area contributed by atoms with Crippen molar-refractivity contribution < 1.29 is 33.5 Å². The Morgan fingerprint density at radius 3 is 2.12 bits per heavy atom. The van der Waals surface area contributed by atoms with Gasteiger partial charge in [-0.1, -0.05) is 91.6 Å². The molecule has 280 valence electrons. The van der Waals surface area contributed by atoms with Gasteiger partial charge in [0.05, 0.1) is 12.1 Å². The van der Waals surface area contributed by atoms with Crippen LogP contribution in [-0.2, 0) is 25.8 Å². The molecule has 0 radical (unpaired) electrons. The van der Waals surface area contributed by atoms with Crippen LogP contribution in [0.5, 0.6) is 5.75 Å². The number of carbonyl (C=O) groups is 6. The Morgan fingerprint density at radius 1 is 0.923 bits per heavy atom. The normalized spacial score (nSPS) is 22.0. The van der Waals surface area contributed by atoms with Gasteiger partial charge in [-0.2, -0.15) is 0 Å². The van der Waals surface area contributed by atoms with Crippen LogP contribution in [0.25, 0.3) is 0 Å². The molecule has 1 unspecified atom stereocenters. The Bertz CT molecular complexity index is 1680. The number of carbonyl (C=O) groups excluding carboxylic acids is 6. The highest BCUT2D eigenvalue weighted by Crippen LogP contribution is 2.65. The molecule has 1 saturated heterocycles. The average Bonchev–Trinajstić information content (AvgIpc) is 3.95. The van der Waals surface area contributed by atoms with Crippen LogP contribution in [-0.4, -0.2) is 70.9 Å². The van der Waals surface area contributed by atoms with Gasteiger partial charge in [-0.15, -0.1) is 0 Å². The van der Waals surface area contributed by atoms with Crippen LogP contribution < -0.4 is 26.4 Å². The van der Waals surface area contributed by atoms with E-state index >= 15 is 0 Å². The van der Waals surface area contributed by atoms with Crippen molar-refractivity contribution in [1.82, 2.24) is 20.9 Å². The van der Waals surface area contributed by atoms with Crippen LogP contribution in [0.2, 0.25) is 0 Å². The van der Waals surface area contributed by atoms with Gasteiger partial charge in [-0.25, -0.2) is 4.79 Å². The van der Waals surface area contributed by atoms with E-state index in [9.17, 15) is 28.8 Å². The van der Waals surface area contributed by atoms with Crippen LogP contribution in [0.3, 0.4) is 0 Å². The maximum Gasteiger partial charge on any atom is 0.316 e. The SMILES string of the molecule is CC(C)[C@H](NC(=O)N[C@H](C(=O)N1C[C@H]2[C@@H]([C@H]1C(=O)NC(CC1CC1)C(=O)C(N)=O)C2(C)C)C(C)(C)C)C(=O)c1ccc(OCc2ccccc2)cc1. The largest absolute Gasteiger partial charge is 0.489 e. The van der Waals surface area contributed by atoms with Crippen LogP contribution in [0.15, 0.2) is 54.6 Å². The third-order valence-corrected chi connectivity index (χ3v) is 10.9. The number of urea groups is 1. The van der Waals surface area contributed by atoms with Gasteiger partial charge in [0.15, 0.2) is 5.78 Å². The molecule has 2 aromatic rings. The van der Waals surface area contributed by atoms with Gasteiger partial charge in [-0.3, -0.25) is 24.0 Å². The molecule has 5 N–H and O–H groups in total. The summed E-state index contributed by atoms with van der Waals surface area (Å²) in [6, 6.07) is 11.9. The van der Waals surface area contributed by atoms with Crippen LogP contribution in [0.4, 0.5) is 4.79 Å². The molecule has 3 fully saturated rings. The van der Waals surface area contributed by atoms with Crippen molar-refractivity contribution in [2.45, 2.75) is 98.5 Å². The number of fused-ring (bicyclic) bond motifs is 1. The molecule has 1 aliphatic heterocycles. The highest BCUT2D eigenvalue weighted by molar-refractivity contribution is 6.37.